The molecule has 0 aromatic heterocycles. The number of ether oxygens (including phenoxy) is 1. The maximum atomic E-state index is 13.9. The molecule has 5 N–H and O–H groups in total. The summed E-state index contributed by atoms with van der Waals surface area (Å²) in [6, 6.07) is 3.06. The van der Waals surface area contributed by atoms with E-state index in [4.69, 9.17) is 10.5 Å². The van der Waals surface area contributed by atoms with Gasteiger partial charge in [-0.15, -0.1) is 0 Å². The van der Waals surface area contributed by atoms with Crippen molar-refractivity contribution in [2.75, 3.05) is 0 Å². The van der Waals surface area contributed by atoms with Gasteiger partial charge in [-0.2, -0.15) is 0 Å². The van der Waals surface area contributed by atoms with E-state index in [2.05, 4.69) is 10.6 Å². The molecule has 0 bridgehead atoms. The Hall–Kier alpha value is -3.30. The van der Waals surface area contributed by atoms with E-state index in [1.54, 1.807) is 60.6 Å². The summed E-state index contributed by atoms with van der Waals surface area (Å²) >= 11 is 0. The minimum Gasteiger partial charge on any atom is -0.508 e. The Kier molecular flexibility index (Phi) is 10.1. The second kappa shape index (κ2) is 11.9. The standard InChI is InChI=1S/C25H40N4O6/c1-9-15(2)29(22(33)18(14-19(26)31)27-23(34)35-25(6,7)8)20(21(32)28-24(3,4)5)16-11-10-12-17(30)13-16/h10-13,15,18,20,30H,9,14H2,1-8H3,(H2,26,31)(H,27,34)(H,28,32). The number of hydrogen-bond donors (Lipinski definition) is 4. The molecule has 1 rings (SSSR count). The molecule has 10 nitrogen and oxygen atoms in total. The molecule has 4 amide bonds. The number of carbonyl (C=O) groups excluding carboxylic acids is 4. The van der Waals surface area contributed by atoms with Crippen LogP contribution in [0.1, 0.15) is 79.8 Å². The zero-order chi connectivity index (χ0) is 27.1. The van der Waals surface area contributed by atoms with Crippen LogP contribution in [0.25, 0.3) is 0 Å². The predicted octanol–water partition coefficient (Wildman–Crippen LogP) is 2.74. The fourth-order valence-corrected chi connectivity index (χ4v) is 3.40. The molecule has 0 radical (unpaired) electrons. The second-order valence-corrected chi connectivity index (χ2v) is 10.6. The number of phenols is 1. The minimum atomic E-state index is -1.36. The first-order chi connectivity index (χ1) is 15.9. The van der Waals surface area contributed by atoms with Crippen LogP contribution in [0.4, 0.5) is 4.79 Å². The van der Waals surface area contributed by atoms with Crippen molar-refractivity contribution in [3.63, 3.8) is 0 Å². The number of phenolic OH excluding ortho intramolecular Hbond substituents is 1. The zero-order valence-corrected chi connectivity index (χ0v) is 22.0. The van der Waals surface area contributed by atoms with Gasteiger partial charge in [0, 0.05) is 11.6 Å². The average Bonchev–Trinajstić information content (AvgIpc) is 2.67. The monoisotopic (exact) mass is 492 g/mol. The molecule has 0 fully saturated rings. The highest BCUT2D eigenvalue weighted by atomic mass is 16.6. The Labute approximate surface area is 207 Å². The van der Waals surface area contributed by atoms with Gasteiger partial charge < -0.3 is 31.1 Å². The topological polar surface area (TPSA) is 151 Å². The molecule has 3 unspecified atom stereocenters. The van der Waals surface area contributed by atoms with E-state index >= 15 is 0 Å². The molecule has 196 valence electrons. The highest BCUT2D eigenvalue weighted by Gasteiger charge is 2.40. The lowest BCUT2D eigenvalue weighted by Gasteiger charge is -2.39. The van der Waals surface area contributed by atoms with Gasteiger partial charge in [0.05, 0.1) is 6.42 Å². The summed E-state index contributed by atoms with van der Waals surface area (Å²) in [5.74, 6) is -2.04. The number of benzene rings is 1. The maximum Gasteiger partial charge on any atom is 0.408 e. The molecule has 0 aliphatic rings. The number of amides is 4. The first kappa shape index (κ1) is 29.7. The summed E-state index contributed by atoms with van der Waals surface area (Å²) in [4.78, 5) is 52.9. The number of nitrogens with zero attached hydrogens (tertiary/aromatic N) is 1. The fraction of sp³-hybridized carbons (Fsp3) is 0.600. The van der Waals surface area contributed by atoms with Crippen molar-refractivity contribution in [2.45, 2.75) is 97.5 Å². The van der Waals surface area contributed by atoms with Gasteiger partial charge in [0.1, 0.15) is 23.4 Å². The van der Waals surface area contributed by atoms with Gasteiger partial charge in [-0.25, -0.2) is 4.79 Å². The Morgan fingerprint density at radius 2 is 1.71 bits per heavy atom. The van der Waals surface area contributed by atoms with Crippen LogP contribution in [0.15, 0.2) is 24.3 Å². The molecule has 0 aliphatic heterocycles. The van der Waals surface area contributed by atoms with Gasteiger partial charge >= 0.3 is 6.09 Å². The lowest BCUT2D eigenvalue weighted by molar-refractivity contribution is -0.146. The maximum absolute atomic E-state index is 13.9. The van der Waals surface area contributed by atoms with Crippen molar-refractivity contribution < 1.29 is 29.0 Å². The molecule has 1 aromatic rings. The van der Waals surface area contributed by atoms with Crippen LogP contribution >= 0.6 is 0 Å². The molecule has 3 atom stereocenters. The molecular weight excluding hydrogens is 452 g/mol. The van der Waals surface area contributed by atoms with Crippen LogP contribution < -0.4 is 16.4 Å². The molecule has 35 heavy (non-hydrogen) atoms. The molecule has 10 heteroatoms. The lowest BCUT2D eigenvalue weighted by atomic mass is 9.97. The van der Waals surface area contributed by atoms with E-state index in [0.717, 1.165) is 0 Å². The van der Waals surface area contributed by atoms with E-state index in [-0.39, 0.29) is 5.75 Å². The van der Waals surface area contributed by atoms with Gasteiger partial charge in [-0.3, -0.25) is 14.4 Å². The third-order valence-electron chi connectivity index (χ3n) is 4.93. The normalized spacial score (nSPS) is 14.3. The molecule has 0 saturated carbocycles. The van der Waals surface area contributed by atoms with Crippen LogP contribution in [0.2, 0.25) is 0 Å². The summed E-state index contributed by atoms with van der Waals surface area (Å²) in [6.07, 6.45) is -0.910. The quantitative estimate of drug-likeness (QED) is 0.416. The van der Waals surface area contributed by atoms with Crippen LogP contribution in [-0.2, 0) is 19.1 Å². The van der Waals surface area contributed by atoms with Crippen molar-refractivity contribution in [3.05, 3.63) is 29.8 Å². The molecule has 0 aliphatic carbocycles. The van der Waals surface area contributed by atoms with Gasteiger partial charge in [0.25, 0.3) is 0 Å². The number of primary amides is 1. The van der Waals surface area contributed by atoms with E-state index in [1.807, 2.05) is 6.92 Å². The van der Waals surface area contributed by atoms with Gasteiger partial charge in [0.2, 0.25) is 17.7 Å². The van der Waals surface area contributed by atoms with Crippen molar-refractivity contribution in [2.24, 2.45) is 5.73 Å². The highest BCUT2D eigenvalue weighted by molar-refractivity contribution is 5.94. The van der Waals surface area contributed by atoms with Crippen LogP contribution in [0.3, 0.4) is 0 Å². The summed E-state index contributed by atoms with van der Waals surface area (Å²) < 4.78 is 5.26. The van der Waals surface area contributed by atoms with Crippen LogP contribution in [0, 0.1) is 0 Å². The number of nitrogens with two attached hydrogens (primary N) is 1. The predicted molar refractivity (Wildman–Crippen MR) is 132 cm³/mol. The SMILES string of the molecule is CCC(C)N(C(=O)C(CC(N)=O)NC(=O)OC(C)(C)C)C(C(=O)NC(C)(C)C)c1cccc(O)c1. The number of carbonyl (C=O) groups is 4. The summed E-state index contributed by atoms with van der Waals surface area (Å²) in [6.45, 7) is 14.0. The summed E-state index contributed by atoms with van der Waals surface area (Å²) in [7, 11) is 0. The van der Waals surface area contributed by atoms with Gasteiger partial charge in [-0.05, 0) is 72.6 Å². The highest BCUT2D eigenvalue weighted by Crippen LogP contribution is 2.29. The van der Waals surface area contributed by atoms with E-state index in [9.17, 15) is 24.3 Å². The van der Waals surface area contributed by atoms with Gasteiger partial charge in [-0.1, -0.05) is 19.1 Å². The van der Waals surface area contributed by atoms with Crippen LogP contribution in [0.5, 0.6) is 5.75 Å². The Morgan fingerprint density at radius 1 is 1.11 bits per heavy atom. The van der Waals surface area contributed by atoms with Crippen molar-refractivity contribution in [1.82, 2.24) is 15.5 Å². The van der Waals surface area contributed by atoms with Crippen molar-refractivity contribution >= 4 is 23.8 Å². The number of nitrogens with one attached hydrogen (secondary N) is 2. The van der Waals surface area contributed by atoms with Crippen molar-refractivity contribution in [1.29, 1.82) is 0 Å². The Morgan fingerprint density at radius 3 is 2.17 bits per heavy atom. The first-order valence-electron chi connectivity index (χ1n) is 11.7. The summed E-state index contributed by atoms with van der Waals surface area (Å²) in [5.41, 5.74) is 4.30. The average molecular weight is 493 g/mol. The molecular formula is C25H40N4O6. The third-order valence-corrected chi connectivity index (χ3v) is 4.93. The number of rotatable bonds is 9. The summed E-state index contributed by atoms with van der Waals surface area (Å²) in [5, 5.41) is 15.4. The third kappa shape index (κ3) is 9.84. The number of hydrogen-bond acceptors (Lipinski definition) is 6. The van der Waals surface area contributed by atoms with Crippen LogP contribution in [-0.4, -0.2) is 57.0 Å². The molecule has 0 heterocycles. The molecule has 1 aromatic carbocycles. The smallest absolute Gasteiger partial charge is 0.408 e. The lowest BCUT2D eigenvalue weighted by Crippen LogP contribution is -2.57. The van der Waals surface area contributed by atoms with E-state index < -0.39 is 59.5 Å². The Balaban J connectivity index is 3.57. The minimum absolute atomic E-state index is 0.0758. The first-order valence-corrected chi connectivity index (χ1v) is 11.7. The number of aromatic hydroxyl groups is 1. The Bertz CT molecular complexity index is 919. The largest absolute Gasteiger partial charge is 0.508 e. The zero-order valence-electron chi connectivity index (χ0n) is 22.0. The number of alkyl carbamates (subject to hydrolysis) is 1. The second-order valence-electron chi connectivity index (χ2n) is 10.6. The molecule has 0 spiro atoms. The van der Waals surface area contributed by atoms with Gasteiger partial charge in [0.15, 0.2) is 0 Å². The van der Waals surface area contributed by atoms with E-state index in [0.29, 0.717) is 12.0 Å². The fourth-order valence-electron chi connectivity index (χ4n) is 3.40. The molecule has 0 saturated heterocycles. The van der Waals surface area contributed by atoms with Crippen molar-refractivity contribution in [3.8, 4) is 5.75 Å². The van der Waals surface area contributed by atoms with E-state index in [1.165, 1.54) is 17.0 Å².